The van der Waals surface area contributed by atoms with Gasteiger partial charge in [0, 0.05) is 31.1 Å². The number of pyridine rings is 1. The van der Waals surface area contributed by atoms with Crippen molar-refractivity contribution in [1.29, 1.82) is 0 Å². The van der Waals surface area contributed by atoms with Gasteiger partial charge in [0.2, 0.25) is 0 Å². The first-order valence-electron chi connectivity index (χ1n) is 7.69. The zero-order valence-corrected chi connectivity index (χ0v) is 14.3. The van der Waals surface area contributed by atoms with Crippen LogP contribution in [0.5, 0.6) is 0 Å². The number of thioether (sulfide) groups is 1. The Hall–Kier alpha value is -1.86. The van der Waals surface area contributed by atoms with Crippen LogP contribution in [0.2, 0.25) is 0 Å². The van der Waals surface area contributed by atoms with Crippen molar-refractivity contribution in [2.75, 3.05) is 19.6 Å². The first-order chi connectivity index (χ1) is 11.2. The van der Waals surface area contributed by atoms with Gasteiger partial charge in [0.1, 0.15) is 10.8 Å². The van der Waals surface area contributed by atoms with Crippen LogP contribution in [0.1, 0.15) is 35.2 Å². The molecule has 2 N–H and O–H groups in total. The molecule has 0 unspecified atom stereocenters. The van der Waals surface area contributed by atoms with Crippen LogP contribution < -0.4 is 10.6 Å². The number of rotatable bonds is 9. The minimum atomic E-state index is -0.102. The van der Waals surface area contributed by atoms with E-state index < -0.39 is 0 Å². The van der Waals surface area contributed by atoms with E-state index in [1.807, 2.05) is 13.0 Å². The molecule has 0 fully saturated rings. The third kappa shape index (κ3) is 5.69. The van der Waals surface area contributed by atoms with Crippen molar-refractivity contribution in [2.24, 2.45) is 0 Å². The van der Waals surface area contributed by atoms with Crippen molar-refractivity contribution in [3.05, 3.63) is 41.4 Å². The molecule has 6 nitrogen and oxygen atoms in total. The summed E-state index contributed by atoms with van der Waals surface area (Å²) in [6, 6.07) is 5.45. The molecule has 1 amide bonds. The maximum absolute atomic E-state index is 12.3. The molecule has 0 aromatic carbocycles. The molecule has 7 heteroatoms. The molecule has 0 saturated heterocycles. The van der Waals surface area contributed by atoms with E-state index in [9.17, 15) is 4.79 Å². The summed E-state index contributed by atoms with van der Waals surface area (Å²) in [5.41, 5.74) is 1.43. The molecule has 2 aromatic rings. The highest BCUT2D eigenvalue weighted by Gasteiger charge is 2.13. The second-order valence-corrected chi connectivity index (χ2v) is 6.04. The Morgan fingerprint density at radius 3 is 2.96 bits per heavy atom. The molecule has 0 aliphatic rings. The van der Waals surface area contributed by atoms with E-state index in [-0.39, 0.29) is 5.91 Å². The average molecular weight is 334 g/mol. The molecule has 2 rings (SSSR count). The van der Waals surface area contributed by atoms with Crippen LogP contribution in [-0.2, 0) is 5.75 Å². The monoisotopic (exact) mass is 334 g/mol. The number of amides is 1. The van der Waals surface area contributed by atoms with Crippen LogP contribution in [0.25, 0.3) is 0 Å². The lowest BCUT2D eigenvalue weighted by Crippen LogP contribution is -2.32. The fourth-order valence-electron chi connectivity index (χ4n) is 1.97. The fraction of sp³-hybridized carbons (Fsp3) is 0.438. The van der Waals surface area contributed by atoms with Gasteiger partial charge in [-0.3, -0.25) is 4.79 Å². The summed E-state index contributed by atoms with van der Waals surface area (Å²) in [6.45, 7) is 6.29. The smallest absolute Gasteiger partial charge is 0.254 e. The third-order valence-electron chi connectivity index (χ3n) is 3.06. The van der Waals surface area contributed by atoms with E-state index in [1.165, 1.54) is 11.8 Å². The molecule has 2 aromatic heterocycles. The summed E-state index contributed by atoms with van der Waals surface area (Å²) >= 11 is 1.48. The lowest BCUT2D eigenvalue weighted by atomic mass is 10.2. The van der Waals surface area contributed by atoms with Crippen LogP contribution in [0.15, 0.2) is 33.9 Å². The van der Waals surface area contributed by atoms with Crippen molar-refractivity contribution < 1.29 is 9.32 Å². The molecule has 23 heavy (non-hydrogen) atoms. The molecule has 0 saturated carbocycles. The SMILES string of the molecule is CCCNCCNC(=O)c1cccnc1SCc1cc(C)on1. The van der Waals surface area contributed by atoms with Gasteiger partial charge in [-0.25, -0.2) is 4.98 Å². The maximum Gasteiger partial charge on any atom is 0.254 e. The number of nitrogens with one attached hydrogen (secondary N) is 2. The Bertz CT molecular complexity index is 630. The lowest BCUT2D eigenvalue weighted by Gasteiger charge is -2.09. The molecular weight excluding hydrogens is 312 g/mol. The maximum atomic E-state index is 12.3. The Kier molecular flexibility index (Phi) is 7.09. The predicted molar refractivity (Wildman–Crippen MR) is 90.5 cm³/mol. The van der Waals surface area contributed by atoms with Crippen molar-refractivity contribution >= 4 is 17.7 Å². The Labute approximate surface area is 140 Å². The zero-order chi connectivity index (χ0) is 16.5. The number of carbonyl (C=O) groups excluding carboxylic acids is 1. The van der Waals surface area contributed by atoms with Crippen LogP contribution in [0, 0.1) is 6.92 Å². The highest BCUT2D eigenvalue weighted by atomic mass is 32.2. The van der Waals surface area contributed by atoms with Gasteiger partial charge in [-0.05, 0) is 32.0 Å². The predicted octanol–water partition coefficient (Wildman–Crippen LogP) is 2.40. The Morgan fingerprint density at radius 1 is 1.35 bits per heavy atom. The van der Waals surface area contributed by atoms with E-state index in [1.54, 1.807) is 18.3 Å². The summed E-state index contributed by atoms with van der Waals surface area (Å²) in [5, 5.41) is 10.8. The summed E-state index contributed by atoms with van der Waals surface area (Å²) in [7, 11) is 0. The molecule has 124 valence electrons. The van der Waals surface area contributed by atoms with Crippen LogP contribution in [0.4, 0.5) is 0 Å². The highest BCUT2D eigenvalue weighted by Crippen LogP contribution is 2.23. The van der Waals surface area contributed by atoms with E-state index in [0.717, 1.165) is 31.0 Å². The number of aryl methyl sites for hydroxylation is 1. The lowest BCUT2D eigenvalue weighted by molar-refractivity contribution is 0.0950. The van der Waals surface area contributed by atoms with Crippen LogP contribution in [0.3, 0.4) is 0 Å². The van der Waals surface area contributed by atoms with Crippen molar-refractivity contribution in [2.45, 2.75) is 31.0 Å². The summed E-state index contributed by atoms with van der Waals surface area (Å²) < 4.78 is 5.05. The highest BCUT2D eigenvalue weighted by molar-refractivity contribution is 7.98. The minimum absolute atomic E-state index is 0.102. The van der Waals surface area contributed by atoms with Gasteiger partial charge in [0.05, 0.1) is 11.3 Å². The zero-order valence-electron chi connectivity index (χ0n) is 13.5. The van der Waals surface area contributed by atoms with Gasteiger partial charge in [-0.1, -0.05) is 23.8 Å². The van der Waals surface area contributed by atoms with Crippen molar-refractivity contribution in [3.63, 3.8) is 0 Å². The fourth-order valence-corrected chi connectivity index (χ4v) is 2.84. The van der Waals surface area contributed by atoms with Gasteiger partial charge in [0.25, 0.3) is 5.91 Å². The summed E-state index contributed by atoms with van der Waals surface area (Å²) in [6.07, 6.45) is 2.77. The van der Waals surface area contributed by atoms with Crippen LogP contribution >= 0.6 is 11.8 Å². The molecule has 0 aliphatic carbocycles. The largest absolute Gasteiger partial charge is 0.361 e. The normalized spacial score (nSPS) is 10.7. The second-order valence-electron chi connectivity index (χ2n) is 5.08. The molecule has 0 atom stereocenters. The van der Waals surface area contributed by atoms with Crippen molar-refractivity contribution in [1.82, 2.24) is 20.8 Å². The number of carbonyl (C=O) groups is 1. The Balaban J connectivity index is 1.89. The average Bonchev–Trinajstić information content (AvgIpc) is 2.98. The number of hydrogen-bond acceptors (Lipinski definition) is 6. The van der Waals surface area contributed by atoms with Gasteiger partial charge >= 0.3 is 0 Å². The Morgan fingerprint density at radius 2 is 2.22 bits per heavy atom. The summed E-state index contributed by atoms with van der Waals surface area (Å²) in [4.78, 5) is 16.6. The van der Waals surface area contributed by atoms with Gasteiger partial charge < -0.3 is 15.2 Å². The van der Waals surface area contributed by atoms with E-state index in [4.69, 9.17) is 4.52 Å². The third-order valence-corrected chi connectivity index (χ3v) is 4.10. The van der Waals surface area contributed by atoms with Gasteiger partial charge in [-0.2, -0.15) is 0 Å². The summed E-state index contributed by atoms with van der Waals surface area (Å²) in [5.74, 6) is 1.29. The molecule has 2 heterocycles. The number of aromatic nitrogens is 2. The topological polar surface area (TPSA) is 80.0 Å². The first kappa shape index (κ1) is 17.5. The molecule has 0 aliphatic heterocycles. The van der Waals surface area contributed by atoms with E-state index in [0.29, 0.717) is 22.9 Å². The van der Waals surface area contributed by atoms with E-state index >= 15 is 0 Å². The second kappa shape index (κ2) is 9.32. The number of hydrogen-bond donors (Lipinski definition) is 2. The molecule has 0 spiro atoms. The first-order valence-corrected chi connectivity index (χ1v) is 8.68. The quantitative estimate of drug-likeness (QED) is 0.541. The minimum Gasteiger partial charge on any atom is -0.361 e. The van der Waals surface area contributed by atoms with Crippen LogP contribution in [-0.4, -0.2) is 35.7 Å². The molecular formula is C16H22N4O2S. The molecule has 0 radical (unpaired) electrons. The molecule has 0 bridgehead atoms. The van der Waals surface area contributed by atoms with Crippen molar-refractivity contribution in [3.8, 4) is 0 Å². The number of nitrogens with zero attached hydrogens (tertiary/aromatic N) is 2. The van der Waals surface area contributed by atoms with Gasteiger partial charge in [-0.15, -0.1) is 0 Å². The van der Waals surface area contributed by atoms with E-state index in [2.05, 4.69) is 27.7 Å². The standard InChI is InChI=1S/C16H22N4O2S/c1-3-6-17-8-9-18-15(21)14-5-4-7-19-16(14)23-11-13-10-12(2)22-20-13/h4-5,7,10,17H,3,6,8-9,11H2,1-2H3,(H,18,21). The van der Waals surface area contributed by atoms with Gasteiger partial charge in [0.15, 0.2) is 0 Å².